The van der Waals surface area contributed by atoms with E-state index in [1.807, 2.05) is 48.5 Å². The summed E-state index contributed by atoms with van der Waals surface area (Å²) in [5.41, 5.74) is 9.55. The first-order valence-electron chi connectivity index (χ1n) is 12.1. The second-order valence-electron chi connectivity index (χ2n) is 8.41. The maximum atomic E-state index is 12.0. The molecule has 0 fully saturated rings. The normalized spacial score (nSPS) is 11.0. The minimum atomic E-state index is -2.39. The first-order valence-corrected chi connectivity index (χ1v) is 12.1. The lowest BCUT2D eigenvalue weighted by molar-refractivity contribution is -0.332. The van der Waals surface area contributed by atoms with E-state index in [1.54, 1.807) is 12.1 Å². The van der Waals surface area contributed by atoms with Gasteiger partial charge in [0.25, 0.3) is 0 Å². The van der Waals surface area contributed by atoms with Crippen molar-refractivity contribution in [3.63, 3.8) is 0 Å². The van der Waals surface area contributed by atoms with Gasteiger partial charge in [-0.05, 0) is 48.5 Å². The zero-order chi connectivity index (χ0) is 29.8. The molecule has 2 atom stereocenters. The highest BCUT2D eigenvalue weighted by molar-refractivity contribution is 5.94. The Balaban J connectivity index is 0.000000464. The average Bonchev–Trinajstić information content (AvgIpc) is 2.98. The minimum absolute atomic E-state index is 0. The molecular weight excluding hydrogens is 564 g/mol. The molecule has 4 aromatic rings. The maximum absolute atomic E-state index is 12.0. The predicted molar refractivity (Wildman–Crippen MR) is 147 cm³/mol. The molecule has 0 bridgehead atoms. The van der Waals surface area contributed by atoms with Crippen molar-refractivity contribution in [1.82, 2.24) is 0 Å². The third-order valence-electron chi connectivity index (χ3n) is 5.31. The number of carboxylic acid groups (broad SMARTS) is 2. The Morgan fingerprint density at radius 2 is 0.814 bits per heavy atom. The van der Waals surface area contributed by atoms with Gasteiger partial charge in [0, 0.05) is 24.3 Å². The van der Waals surface area contributed by atoms with E-state index in [-0.39, 0.29) is 22.1 Å². The highest BCUT2D eigenvalue weighted by Crippen LogP contribution is 2.22. The van der Waals surface area contributed by atoms with Crippen molar-refractivity contribution in [1.29, 1.82) is 0 Å². The predicted octanol–water partition coefficient (Wildman–Crippen LogP) is -1.49. The number of carboxylic acids is 2. The van der Waals surface area contributed by atoms with Gasteiger partial charge in [-0.15, -0.1) is 0 Å². The highest BCUT2D eigenvalue weighted by Gasteiger charge is 2.32. The first kappa shape index (κ1) is 35.4. The van der Waals surface area contributed by atoms with Crippen molar-refractivity contribution in [2.45, 2.75) is 12.2 Å². The van der Waals surface area contributed by atoms with E-state index in [2.05, 4.69) is 20.9 Å². The Labute approximate surface area is 245 Å². The number of aliphatic carboxylic acids is 2. The molecule has 0 aliphatic rings. The molecule has 0 aromatic heterocycles. The zero-order valence-corrected chi connectivity index (χ0v) is 22.6. The molecule has 0 unspecified atom stereocenters. The van der Waals surface area contributed by atoms with Crippen LogP contribution in [0.2, 0.25) is 0 Å². The Bertz CT molecular complexity index is 1350. The molecule has 0 aliphatic carbocycles. The van der Waals surface area contributed by atoms with Gasteiger partial charge >= 0.3 is 11.9 Å². The summed E-state index contributed by atoms with van der Waals surface area (Å²) in [6, 6.07) is 29.8. The Morgan fingerprint density at radius 1 is 0.512 bits per heavy atom. The SMILES string of the molecule is O.O.O=C(O[C@@H](C(=O)[O-])[C@@H](OC(=O)c1ccccc1)C(=O)[O-])c1ccccc1.[NH3+]c1ccc(Oc2ccc([NH3+])cc2)cc1. The van der Waals surface area contributed by atoms with Gasteiger partial charge in [0.15, 0.2) is 12.2 Å². The Morgan fingerprint density at radius 3 is 1.09 bits per heavy atom. The summed E-state index contributed by atoms with van der Waals surface area (Å²) in [5.74, 6) is -4.71. The standard InChI is InChI=1S/C18H14O8.C12H12N2O.2H2O/c19-15(20)13(25-17(23)11-7-3-1-4-8-11)14(16(21)22)26-18(24)12-9-5-2-6-10-12;13-9-1-5-11(6-2-9)15-12-7-3-10(14)4-8-12;;/h1-10,13-14H,(H,19,20)(H,21,22);1-8H,13-14H2;2*1H2/t13-,14-;;;/m1.../s1. The molecule has 0 amide bonds. The van der Waals surface area contributed by atoms with Gasteiger partial charge in [-0.3, -0.25) is 0 Å². The molecular formula is C30H30N2O11. The molecule has 226 valence electrons. The summed E-state index contributed by atoms with van der Waals surface area (Å²) in [5, 5.41) is 22.5. The summed E-state index contributed by atoms with van der Waals surface area (Å²) < 4.78 is 15.0. The van der Waals surface area contributed by atoms with Gasteiger partial charge in [0.1, 0.15) is 22.9 Å². The topological polar surface area (TPSA) is 260 Å². The van der Waals surface area contributed by atoms with Crippen LogP contribution >= 0.6 is 0 Å². The summed E-state index contributed by atoms with van der Waals surface area (Å²) >= 11 is 0. The van der Waals surface area contributed by atoms with Crippen LogP contribution in [-0.4, -0.2) is 47.0 Å². The molecule has 0 radical (unpaired) electrons. The van der Waals surface area contributed by atoms with E-state index in [0.717, 1.165) is 22.9 Å². The van der Waals surface area contributed by atoms with E-state index in [9.17, 15) is 29.4 Å². The summed E-state index contributed by atoms with van der Waals surface area (Å²) in [6.45, 7) is 0. The second kappa shape index (κ2) is 17.3. The Hall–Kier alpha value is -5.60. The van der Waals surface area contributed by atoms with Gasteiger partial charge in [-0.25, -0.2) is 9.59 Å². The molecule has 0 heterocycles. The lowest BCUT2D eigenvalue weighted by Gasteiger charge is -2.28. The number of carbonyl (C=O) groups is 4. The quantitative estimate of drug-likeness (QED) is 0.214. The average molecular weight is 595 g/mol. The van der Waals surface area contributed by atoms with Gasteiger partial charge in [-0.1, -0.05) is 36.4 Å². The van der Waals surface area contributed by atoms with Crippen molar-refractivity contribution < 1.29 is 66.0 Å². The van der Waals surface area contributed by atoms with Gasteiger partial charge < -0.3 is 56.4 Å². The van der Waals surface area contributed by atoms with E-state index < -0.39 is 36.1 Å². The number of carbonyl (C=O) groups excluding carboxylic acids is 4. The lowest BCUT2D eigenvalue weighted by Crippen LogP contribution is -2.55. The van der Waals surface area contributed by atoms with Crippen molar-refractivity contribution in [3.8, 4) is 11.5 Å². The van der Waals surface area contributed by atoms with E-state index >= 15 is 0 Å². The molecule has 10 N–H and O–H groups in total. The van der Waals surface area contributed by atoms with Crippen LogP contribution in [0.1, 0.15) is 20.7 Å². The summed E-state index contributed by atoms with van der Waals surface area (Å²) in [6.07, 6.45) is -4.78. The van der Waals surface area contributed by atoms with Crippen LogP contribution < -0.4 is 26.4 Å². The van der Waals surface area contributed by atoms with Gasteiger partial charge in [-0.2, -0.15) is 0 Å². The number of hydrogen-bond acceptors (Lipinski definition) is 9. The monoisotopic (exact) mass is 594 g/mol. The van der Waals surface area contributed by atoms with E-state index in [4.69, 9.17) is 4.74 Å². The molecule has 43 heavy (non-hydrogen) atoms. The van der Waals surface area contributed by atoms with Crippen molar-refractivity contribution in [2.75, 3.05) is 0 Å². The van der Waals surface area contributed by atoms with Gasteiger partial charge in [0.2, 0.25) is 0 Å². The molecule has 4 aromatic carbocycles. The minimum Gasteiger partial charge on any atom is -0.546 e. The van der Waals surface area contributed by atoms with Gasteiger partial charge in [0.05, 0.1) is 23.1 Å². The summed E-state index contributed by atoms with van der Waals surface area (Å²) in [4.78, 5) is 46.5. The highest BCUT2D eigenvalue weighted by atomic mass is 16.6. The largest absolute Gasteiger partial charge is 0.546 e. The Kier molecular flexibility index (Phi) is 14.2. The van der Waals surface area contributed by atoms with Crippen molar-refractivity contribution >= 4 is 35.3 Å². The number of rotatable bonds is 9. The third-order valence-corrected chi connectivity index (χ3v) is 5.31. The van der Waals surface area contributed by atoms with Crippen molar-refractivity contribution in [3.05, 3.63) is 120 Å². The molecule has 0 saturated carbocycles. The number of hydrogen-bond donors (Lipinski definition) is 2. The fraction of sp³-hybridized carbons (Fsp3) is 0.0667. The second-order valence-corrected chi connectivity index (χ2v) is 8.41. The van der Waals surface area contributed by atoms with Crippen LogP contribution in [0.25, 0.3) is 0 Å². The first-order chi connectivity index (χ1) is 19.6. The van der Waals surface area contributed by atoms with Crippen LogP contribution in [0.4, 0.5) is 11.4 Å². The molecule has 13 nitrogen and oxygen atoms in total. The fourth-order valence-corrected chi connectivity index (χ4v) is 3.23. The number of ether oxygens (including phenoxy) is 3. The molecule has 13 heteroatoms. The fourth-order valence-electron chi connectivity index (χ4n) is 3.23. The number of quaternary nitrogens is 2. The third kappa shape index (κ3) is 11.1. The smallest absolute Gasteiger partial charge is 0.338 e. The molecule has 0 spiro atoms. The van der Waals surface area contributed by atoms with E-state index in [1.165, 1.54) is 48.5 Å². The maximum Gasteiger partial charge on any atom is 0.338 e. The number of esters is 2. The van der Waals surface area contributed by atoms with Crippen molar-refractivity contribution in [2.24, 2.45) is 0 Å². The zero-order valence-electron chi connectivity index (χ0n) is 22.6. The molecule has 0 aliphatic heterocycles. The molecule has 4 rings (SSSR count). The van der Waals surface area contributed by atoms with Crippen LogP contribution in [0.5, 0.6) is 11.5 Å². The summed E-state index contributed by atoms with van der Waals surface area (Å²) in [7, 11) is 0. The molecule has 0 saturated heterocycles. The van der Waals surface area contributed by atoms with Crippen LogP contribution in [0, 0.1) is 0 Å². The van der Waals surface area contributed by atoms with Crippen LogP contribution in [-0.2, 0) is 19.1 Å². The van der Waals surface area contributed by atoms with Crippen LogP contribution in [0.15, 0.2) is 109 Å². The lowest BCUT2D eigenvalue weighted by atomic mass is 10.1. The van der Waals surface area contributed by atoms with E-state index in [0.29, 0.717) is 0 Å². The number of benzene rings is 4. The van der Waals surface area contributed by atoms with Crippen LogP contribution in [0.3, 0.4) is 0 Å².